The number of hydrazine groups is 1. The largest absolute Gasteiger partial charge is 0.293 e. The smallest absolute Gasteiger partial charge is 0.251 e. The number of nitrogens with two attached hydrogens (primary N) is 1. The van der Waals surface area contributed by atoms with Gasteiger partial charge in [0.15, 0.2) is 0 Å². The Kier molecular flexibility index (Phi) is 5.22. The van der Waals surface area contributed by atoms with Gasteiger partial charge in [0.05, 0.1) is 6.04 Å². The average molecular weight is 227 g/mol. The zero-order chi connectivity index (χ0) is 12.1. The van der Waals surface area contributed by atoms with E-state index in [2.05, 4.69) is 31.1 Å². The van der Waals surface area contributed by atoms with Crippen LogP contribution >= 0.6 is 0 Å². The molecule has 4 heteroatoms. The highest BCUT2D eigenvalue weighted by atomic mass is 16.2. The fraction of sp³-hybridized carbons (Fsp3) is 0.917. The van der Waals surface area contributed by atoms with E-state index in [-0.39, 0.29) is 11.9 Å². The van der Waals surface area contributed by atoms with Crippen molar-refractivity contribution < 1.29 is 4.79 Å². The van der Waals surface area contributed by atoms with Crippen LogP contribution in [0.1, 0.15) is 40.0 Å². The molecule has 0 spiro atoms. The summed E-state index contributed by atoms with van der Waals surface area (Å²) in [5, 5.41) is 0. The highest BCUT2D eigenvalue weighted by molar-refractivity contribution is 5.81. The van der Waals surface area contributed by atoms with Gasteiger partial charge in [-0.05, 0) is 31.2 Å². The van der Waals surface area contributed by atoms with Crippen molar-refractivity contribution >= 4 is 5.91 Å². The summed E-state index contributed by atoms with van der Waals surface area (Å²) in [6.45, 7) is 8.44. The fourth-order valence-corrected chi connectivity index (χ4v) is 2.73. The number of amides is 1. The molecule has 0 aromatic rings. The summed E-state index contributed by atoms with van der Waals surface area (Å²) in [6, 6.07) is -0.0631. The van der Waals surface area contributed by atoms with Crippen LogP contribution in [0.15, 0.2) is 0 Å². The molecule has 1 heterocycles. The molecule has 16 heavy (non-hydrogen) atoms. The molecular formula is C12H25N3O. The first-order valence-electron chi connectivity index (χ1n) is 6.34. The number of carbonyl (C=O) groups excluding carboxylic acids is 1. The van der Waals surface area contributed by atoms with Crippen LogP contribution in [0.25, 0.3) is 0 Å². The normalized spacial score (nSPS) is 23.7. The van der Waals surface area contributed by atoms with E-state index in [4.69, 9.17) is 5.84 Å². The molecule has 0 aromatic heterocycles. The molecule has 1 saturated heterocycles. The fourth-order valence-electron chi connectivity index (χ4n) is 2.73. The van der Waals surface area contributed by atoms with Crippen molar-refractivity contribution in [3.05, 3.63) is 0 Å². The molecule has 1 amide bonds. The van der Waals surface area contributed by atoms with E-state index in [1.54, 1.807) is 0 Å². The quantitative estimate of drug-likeness (QED) is 0.420. The van der Waals surface area contributed by atoms with Crippen LogP contribution in [0.4, 0.5) is 0 Å². The lowest BCUT2D eigenvalue weighted by molar-refractivity contribution is -0.127. The number of nitrogens with one attached hydrogen (secondary N) is 1. The van der Waals surface area contributed by atoms with E-state index in [0.717, 1.165) is 19.0 Å². The van der Waals surface area contributed by atoms with E-state index >= 15 is 0 Å². The maximum atomic E-state index is 11.7. The molecule has 0 saturated carbocycles. The number of hydrogen-bond donors (Lipinski definition) is 2. The van der Waals surface area contributed by atoms with Gasteiger partial charge in [0.2, 0.25) is 0 Å². The topological polar surface area (TPSA) is 58.4 Å². The van der Waals surface area contributed by atoms with E-state index in [0.29, 0.717) is 5.92 Å². The summed E-state index contributed by atoms with van der Waals surface area (Å²) in [5.74, 6) is 6.27. The van der Waals surface area contributed by atoms with E-state index in [1.165, 1.54) is 19.3 Å². The Bertz CT molecular complexity index is 230. The van der Waals surface area contributed by atoms with Gasteiger partial charge in [-0.25, -0.2) is 5.84 Å². The lowest BCUT2D eigenvalue weighted by atomic mass is 10.0. The summed E-state index contributed by atoms with van der Waals surface area (Å²) in [5.41, 5.74) is 2.29. The summed E-state index contributed by atoms with van der Waals surface area (Å²) >= 11 is 0. The molecule has 2 unspecified atom stereocenters. The predicted octanol–water partition coefficient (Wildman–Crippen LogP) is 1.12. The summed E-state index contributed by atoms with van der Waals surface area (Å²) in [7, 11) is 0. The van der Waals surface area contributed by atoms with Crippen molar-refractivity contribution in [2.75, 3.05) is 13.1 Å². The van der Waals surface area contributed by atoms with Gasteiger partial charge < -0.3 is 0 Å². The first-order valence-corrected chi connectivity index (χ1v) is 6.34. The van der Waals surface area contributed by atoms with Gasteiger partial charge in [-0.15, -0.1) is 0 Å². The standard InChI is InChI=1S/C12H25N3O/c1-4-5-10-6-7-15(8-10)11(9(2)3)12(16)14-13/h9-11H,4-8,13H2,1-3H3,(H,14,16). The number of nitrogens with zero attached hydrogens (tertiary/aromatic N) is 1. The Morgan fingerprint density at radius 3 is 2.75 bits per heavy atom. The number of rotatable bonds is 5. The zero-order valence-corrected chi connectivity index (χ0v) is 10.7. The van der Waals surface area contributed by atoms with Crippen molar-refractivity contribution in [1.29, 1.82) is 0 Å². The van der Waals surface area contributed by atoms with Crippen molar-refractivity contribution in [2.45, 2.75) is 46.1 Å². The molecular weight excluding hydrogens is 202 g/mol. The maximum absolute atomic E-state index is 11.7. The van der Waals surface area contributed by atoms with Gasteiger partial charge in [0, 0.05) is 6.54 Å². The van der Waals surface area contributed by atoms with Crippen molar-refractivity contribution in [3.8, 4) is 0 Å². The van der Waals surface area contributed by atoms with Gasteiger partial charge in [0.25, 0.3) is 5.91 Å². The van der Waals surface area contributed by atoms with E-state index in [9.17, 15) is 4.79 Å². The predicted molar refractivity (Wildman–Crippen MR) is 65.5 cm³/mol. The second-order valence-electron chi connectivity index (χ2n) is 5.14. The molecule has 1 rings (SSSR count). The molecule has 0 radical (unpaired) electrons. The average Bonchev–Trinajstić information content (AvgIpc) is 2.66. The molecule has 4 nitrogen and oxygen atoms in total. The first-order chi connectivity index (χ1) is 7.60. The Hall–Kier alpha value is -0.610. The van der Waals surface area contributed by atoms with Gasteiger partial charge in [-0.3, -0.25) is 15.1 Å². The zero-order valence-electron chi connectivity index (χ0n) is 10.7. The van der Waals surface area contributed by atoms with Crippen LogP contribution in [-0.4, -0.2) is 29.9 Å². The van der Waals surface area contributed by atoms with Crippen LogP contribution in [-0.2, 0) is 4.79 Å². The van der Waals surface area contributed by atoms with E-state index < -0.39 is 0 Å². The Morgan fingerprint density at radius 1 is 1.56 bits per heavy atom. The summed E-state index contributed by atoms with van der Waals surface area (Å²) in [6.07, 6.45) is 3.72. The minimum atomic E-state index is -0.0631. The SMILES string of the molecule is CCCC1CCN(C(C(=O)NN)C(C)C)C1. The highest BCUT2D eigenvalue weighted by Crippen LogP contribution is 2.25. The molecule has 0 aliphatic carbocycles. The van der Waals surface area contributed by atoms with E-state index in [1.807, 2.05) is 0 Å². The molecule has 0 aromatic carbocycles. The second-order valence-corrected chi connectivity index (χ2v) is 5.14. The molecule has 1 fully saturated rings. The van der Waals surface area contributed by atoms with Crippen LogP contribution in [0.3, 0.4) is 0 Å². The van der Waals surface area contributed by atoms with Gasteiger partial charge in [-0.1, -0.05) is 27.2 Å². The van der Waals surface area contributed by atoms with Crippen LogP contribution in [0.2, 0.25) is 0 Å². The number of carbonyl (C=O) groups is 1. The van der Waals surface area contributed by atoms with Gasteiger partial charge in [-0.2, -0.15) is 0 Å². The lowest BCUT2D eigenvalue weighted by Crippen LogP contribution is -2.51. The second kappa shape index (κ2) is 6.21. The van der Waals surface area contributed by atoms with Crippen molar-refractivity contribution in [2.24, 2.45) is 17.7 Å². The summed E-state index contributed by atoms with van der Waals surface area (Å²) < 4.78 is 0. The van der Waals surface area contributed by atoms with Crippen LogP contribution in [0, 0.1) is 11.8 Å². The minimum absolute atomic E-state index is 0.0489. The Labute approximate surface area is 98.5 Å². The molecule has 3 N–H and O–H groups in total. The minimum Gasteiger partial charge on any atom is -0.293 e. The Morgan fingerprint density at radius 2 is 2.25 bits per heavy atom. The Balaban J connectivity index is 2.57. The molecule has 0 bridgehead atoms. The first kappa shape index (κ1) is 13.5. The molecule has 1 aliphatic heterocycles. The van der Waals surface area contributed by atoms with Crippen LogP contribution < -0.4 is 11.3 Å². The highest BCUT2D eigenvalue weighted by Gasteiger charge is 2.33. The van der Waals surface area contributed by atoms with Crippen LogP contribution in [0.5, 0.6) is 0 Å². The van der Waals surface area contributed by atoms with Gasteiger partial charge in [0.1, 0.15) is 0 Å². The monoisotopic (exact) mass is 227 g/mol. The number of hydrogen-bond acceptors (Lipinski definition) is 3. The molecule has 2 atom stereocenters. The third-order valence-electron chi connectivity index (χ3n) is 3.45. The summed E-state index contributed by atoms with van der Waals surface area (Å²) in [4.78, 5) is 14.0. The molecule has 94 valence electrons. The third kappa shape index (κ3) is 3.19. The van der Waals surface area contributed by atoms with Gasteiger partial charge >= 0.3 is 0 Å². The third-order valence-corrected chi connectivity index (χ3v) is 3.45. The van der Waals surface area contributed by atoms with Crippen molar-refractivity contribution in [3.63, 3.8) is 0 Å². The number of likely N-dealkylation sites (tertiary alicyclic amines) is 1. The molecule has 1 aliphatic rings. The lowest BCUT2D eigenvalue weighted by Gasteiger charge is -2.29. The van der Waals surface area contributed by atoms with Crippen molar-refractivity contribution in [1.82, 2.24) is 10.3 Å². The maximum Gasteiger partial charge on any atom is 0.251 e.